The molecule has 0 aliphatic carbocycles. The number of hydrogen-bond donors (Lipinski definition) is 0. The second kappa shape index (κ2) is 10.7. The maximum Gasteiger partial charge on any atom is 0.101 e. The summed E-state index contributed by atoms with van der Waals surface area (Å²) in [6.07, 6.45) is 3.69. The summed E-state index contributed by atoms with van der Waals surface area (Å²) in [7, 11) is 0. The Morgan fingerprint density at radius 3 is 1.50 bits per heavy atom. The van der Waals surface area contributed by atoms with Gasteiger partial charge in [0.1, 0.15) is 6.07 Å². The molecule has 4 heteroatoms. The first-order valence-electron chi connectivity index (χ1n) is 16.6. The van der Waals surface area contributed by atoms with Crippen LogP contribution in [0.3, 0.4) is 0 Å². The van der Waals surface area contributed by atoms with Crippen molar-refractivity contribution in [3.8, 4) is 28.6 Å². The monoisotopic (exact) mass is 622 g/mol. The van der Waals surface area contributed by atoms with Gasteiger partial charge in [-0.1, -0.05) is 102 Å². The Balaban J connectivity index is 1.52. The van der Waals surface area contributed by atoms with Gasteiger partial charge in [0.15, 0.2) is 0 Å². The van der Waals surface area contributed by atoms with Crippen molar-refractivity contribution < 1.29 is 0 Å². The molecule has 0 radical (unpaired) electrons. The van der Waals surface area contributed by atoms with E-state index in [9.17, 15) is 5.26 Å². The van der Waals surface area contributed by atoms with Gasteiger partial charge in [0.2, 0.25) is 0 Å². The van der Waals surface area contributed by atoms with Crippen molar-refractivity contribution in [2.24, 2.45) is 0 Å². The zero-order chi connectivity index (χ0) is 33.4. The topological polar surface area (TPSA) is 46.5 Å². The molecule has 48 heavy (non-hydrogen) atoms. The number of para-hydroxylation sites is 2. The molecule has 0 aliphatic heterocycles. The molecule has 234 valence electrons. The number of benzene rings is 5. The van der Waals surface area contributed by atoms with Crippen LogP contribution in [0.4, 0.5) is 0 Å². The summed E-state index contributed by atoms with van der Waals surface area (Å²) in [6.45, 7) is 13.5. The molecule has 3 heterocycles. The van der Waals surface area contributed by atoms with Crippen LogP contribution in [0.25, 0.3) is 66.1 Å². The van der Waals surface area contributed by atoms with Crippen molar-refractivity contribution in [2.45, 2.75) is 52.4 Å². The molecule has 0 atom stereocenters. The molecule has 5 aromatic carbocycles. The van der Waals surface area contributed by atoms with Crippen molar-refractivity contribution in [3.63, 3.8) is 0 Å². The van der Waals surface area contributed by atoms with E-state index in [0.717, 1.165) is 44.6 Å². The molecular weight excluding hydrogens is 585 g/mol. The van der Waals surface area contributed by atoms with Gasteiger partial charge in [-0.05, 0) is 76.1 Å². The first-order chi connectivity index (χ1) is 23.0. The van der Waals surface area contributed by atoms with Crippen molar-refractivity contribution in [1.82, 2.24) is 14.1 Å². The maximum atomic E-state index is 10.9. The summed E-state index contributed by atoms with van der Waals surface area (Å²) in [5, 5.41) is 15.7. The van der Waals surface area contributed by atoms with Crippen LogP contribution in [0, 0.1) is 11.3 Å². The van der Waals surface area contributed by atoms with Crippen LogP contribution in [0.1, 0.15) is 58.2 Å². The van der Waals surface area contributed by atoms with E-state index >= 15 is 0 Å². The molecule has 0 spiro atoms. The summed E-state index contributed by atoms with van der Waals surface area (Å²) in [4.78, 5) is 4.36. The van der Waals surface area contributed by atoms with Gasteiger partial charge in [0.05, 0.1) is 39.0 Å². The van der Waals surface area contributed by atoms with Gasteiger partial charge in [-0.25, -0.2) is 0 Å². The van der Waals surface area contributed by atoms with E-state index in [1.165, 1.54) is 32.7 Å². The van der Waals surface area contributed by atoms with Crippen LogP contribution in [0.15, 0.2) is 122 Å². The lowest BCUT2D eigenvalue weighted by Gasteiger charge is -2.21. The highest BCUT2D eigenvalue weighted by Gasteiger charge is 2.24. The number of pyridine rings is 1. The number of fused-ring (bicyclic) bond motifs is 6. The third-order valence-corrected chi connectivity index (χ3v) is 9.79. The average Bonchev–Trinajstić information content (AvgIpc) is 3.59. The molecule has 0 saturated carbocycles. The van der Waals surface area contributed by atoms with Crippen LogP contribution in [-0.2, 0) is 10.8 Å². The van der Waals surface area contributed by atoms with E-state index in [1.54, 1.807) is 0 Å². The van der Waals surface area contributed by atoms with Crippen molar-refractivity contribution in [3.05, 3.63) is 138 Å². The van der Waals surface area contributed by atoms with E-state index in [0.29, 0.717) is 5.56 Å². The molecular formula is C44H38N4. The highest BCUT2D eigenvalue weighted by molar-refractivity contribution is 6.11. The fourth-order valence-electron chi connectivity index (χ4n) is 7.19. The van der Waals surface area contributed by atoms with Crippen LogP contribution in [-0.4, -0.2) is 14.1 Å². The minimum atomic E-state index is -0.0258. The first kappa shape index (κ1) is 29.7. The normalized spacial score (nSPS) is 12.4. The fourth-order valence-corrected chi connectivity index (χ4v) is 7.19. The summed E-state index contributed by atoms with van der Waals surface area (Å²) < 4.78 is 4.64. The second-order valence-corrected chi connectivity index (χ2v) is 14.9. The van der Waals surface area contributed by atoms with Gasteiger partial charge in [-0.3, -0.25) is 4.98 Å². The standard InChI is InChI=1S/C44H38N4/c1-43(2,3)30-15-17-34-32-11-7-9-13-37(32)47(41(34)24-30)39-26-36(28-19-21-46-22-20-28)40(23-29(39)27-45)48-38-14-10-8-12-33(38)35-18-16-31(25-42(35)48)44(4,5)6/h7-26H,1-6H3. The van der Waals surface area contributed by atoms with Crippen LogP contribution in [0.2, 0.25) is 0 Å². The Bertz CT molecular complexity index is 2580. The predicted octanol–water partition coefficient (Wildman–Crippen LogP) is 11.4. The fraction of sp³-hybridized carbons (Fsp3) is 0.182. The summed E-state index contributed by atoms with van der Waals surface area (Å²) in [6, 6.07) is 41.8. The van der Waals surface area contributed by atoms with E-state index in [2.05, 4.69) is 171 Å². The van der Waals surface area contributed by atoms with E-state index in [1.807, 2.05) is 12.4 Å². The van der Waals surface area contributed by atoms with Crippen molar-refractivity contribution >= 4 is 43.6 Å². The van der Waals surface area contributed by atoms with Gasteiger partial charge in [-0.15, -0.1) is 0 Å². The molecule has 0 saturated heterocycles. The second-order valence-electron chi connectivity index (χ2n) is 14.9. The molecule has 0 N–H and O–H groups in total. The molecule has 0 fully saturated rings. The Labute approximate surface area is 281 Å². The highest BCUT2D eigenvalue weighted by atomic mass is 15.0. The molecule has 3 aromatic heterocycles. The summed E-state index contributed by atoms with van der Waals surface area (Å²) >= 11 is 0. The van der Waals surface area contributed by atoms with Crippen molar-refractivity contribution in [1.29, 1.82) is 5.26 Å². The van der Waals surface area contributed by atoms with Gasteiger partial charge in [0.25, 0.3) is 0 Å². The van der Waals surface area contributed by atoms with Gasteiger partial charge >= 0.3 is 0 Å². The van der Waals surface area contributed by atoms with E-state index in [-0.39, 0.29) is 10.8 Å². The van der Waals surface area contributed by atoms with E-state index < -0.39 is 0 Å². The lowest BCUT2D eigenvalue weighted by Crippen LogP contribution is -2.11. The van der Waals surface area contributed by atoms with Gasteiger partial charge in [-0.2, -0.15) is 5.26 Å². The zero-order valence-electron chi connectivity index (χ0n) is 28.3. The number of aromatic nitrogens is 3. The lowest BCUT2D eigenvalue weighted by molar-refractivity contribution is 0.590. The minimum Gasteiger partial charge on any atom is -0.309 e. The quantitative estimate of drug-likeness (QED) is 0.197. The van der Waals surface area contributed by atoms with Crippen LogP contribution < -0.4 is 0 Å². The van der Waals surface area contributed by atoms with Crippen molar-refractivity contribution in [2.75, 3.05) is 0 Å². The summed E-state index contributed by atoms with van der Waals surface area (Å²) in [5.41, 5.74) is 11.4. The van der Waals surface area contributed by atoms with Crippen LogP contribution in [0.5, 0.6) is 0 Å². The predicted molar refractivity (Wildman–Crippen MR) is 200 cm³/mol. The van der Waals surface area contributed by atoms with Crippen LogP contribution >= 0.6 is 0 Å². The highest BCUT2D eigenvalue weighted by Crippen LogP contribution is 2.42. The Hall–Kier alpha value is -5.66. The molecule has 0 aliphatic rings. The molecule has 0 unspecified atom stereocenters. The largest absolute Gasteiger partial charge is 0.309 e. The number of rotatable bonds is 3. The first-order valence-corrected chi connectivity index (χ1v) is 16.6. The number of hydrogen-bond acceptors (Lipinski definition) is 2. The van der Waals surface area contributed by atoms with Gasteiger partial charge < -0.3 is 9.13 Å². The smallest absolute Gasteiger partial charge is 0.101 e. The van der Waals surface area contributed by atoms with Gasteiger partial charge in [0, 0.05) is 39.5 Å². The minimum absolute atomic E-state index is 0.0203. The molecule has 4 nitrogen and oxygen atoms in total. The lowest BCUT2D eigenvalue weighted by atomic mass is 9.86. The Morgan fingerprint density at radius 2 is 1.00 bits per heavy atom. The SMILES string of the molecule is CC(C)(C)c1ccc2c3ccccc3n(-c3cc(-c4ccncc4)c(-n4c5ccccc5c5ccc(C(C)(C)C)cc54)cc3C#N)c2c1. The zero-order valence-corrected chi connectivity index (χ0v) is 28.3. The Morgan fingerprint density at radius 1 is 0.521 bits per heavy atom. The molecule has 8 rings (SSSR count). The Kier molecular flexibility index (Phi) is 6.62. The molecule has 8 aromatic rings. The average molecular weight is 623 g/mol. The third-order valence-electron chi connectivity index (χ3n) is 9.79. The summed E-state index contributed by atoms with van der Waals surface area (Å²) in [5.74, 6) is 0. The molecule has 0 amide bonds. The van der Waals surface area contributed by atoms with E-state index in [4.69, 9.17) is 0 Å². The number of nitriles is 1. The third kappa shape index (κ3) is 4.61. The number of nitrogens with zero attached hydrogens (tertiary/aromatic N) is 4. The maximum absolute atomic E-state index is 10.9. The molecule has 0 bridgehead atoms.